The minimum absolute atomic E-state index is 0.265. The van der Waals surface area contributed by atoms with Gasteiger partial charge in [0.25, 0.3) is 15.9 Å². The number of nitrogens with zero attached hydrogens (tertiary/aromatic N) is 3. The van der Waals surface area contributed by atoms with Crippen molar-refractivity contribution in [3.05, 3.63) is 58.7 Å². The van der Waals surface area contributed by atoms with Crippen LogP contribution >= 0.6 is 22.7 Å². The van der Waals surface area contributed by atoms with E-state index < -0.39 is 22.0 Å². The number of thiazole rings is 1. The summed E-state index contributed by atoms with van der Waals surface area (Å²) in [6.07, 6.45) is 1.14. The average molecular weight is 458 g/mol. The third-order valence-corrected chi connectivity index (χ3v) is 9.92. The summed E-state index contributed by atoms with van der Waals surface area (Å²) in [5, 5.41) is 3.98. The minimum Gasteiger partial charge on any atom is -0.319 e. The van der Waals surface area contributed by atoms with E-state index in [1.807, 2.05) is 29.8 Å². The maximum atomic E-state index is 13.1. The first-order chi connectivity index (χ1) is 14.5. The van der Waals surface area contributed by atoms with E-state index in [4.69, 9.17) is 0 Å². The molecule has 0 spiro atoms. The highest BCUT2D eigenvalue weighted by molar-refractivity contribution is 7.91. The SMILES string of the molecule is Cn1c(=NC(=O)C2CCCN2S(=O)(=O)c2cccs2)sc2c3ccccc3ccc21. The second kappa shape index (κ2) is 7.42. The second-order valence-electron chi connectivity index (χ2n) is 7.23. The van der Waals surface area contributed by atoms with Gasteiger partial charge in [-0.1, -0.05) is 47.7 Å². The van der Waals surface area contributed by atoms with Crippen LogP contribution in [0.1, 0.15) is 12.8 Å². The van der Waals surface area contributed by atoms with E-state index >= 15 is 0 Å². The topological polar surface area (TPSA) is 71.7 Å². The summed E-state index contributed by atoms with van der Waals surface area (Å²) >= 11 is 2.62. The fourth-order valence-electron chi connectivity index (χ4n) is 3.93. The van der Waals surface area contributed by atoms with Gasteiger partial charge >= 0.3 is 0 Å². The van der Waals surface area contributed by atoms with Crippen LogP contribution < -0.4 is 4.80 Å². The molecule has 1 aliphatic rings. The Balaban J connectivity index is 1.56. The van der Waals surface area contributed by atoms with Gasteiger partial charge < -0.3 is 4.57 Å². The Morgan fingerprint density at radius 3 is 2.77 bits per heavy atom. The van der Waals surface area contributed by atoms with Crippen LogP contribution in [0, 0.1) is 0 Å². The number of thiophene rings is 1. The molecule has 1 saturated heterocycles. The number of sulfonamides is 1. The molecule has 0 aliphatic carbocycles. The first kappa shape index (κ1) is 19.6. The number of aromatic nitrogens is 1. The molecule has 1 amide bonds. The van der Waals surface area contributed by atoms with Gasteiger partial charge in [0.2, 0.25) is 0 Å². The molecule has 154 valence electrons. The second-order valence-corrected chi connectivity index (χ2v) is 11.3. The molecule has 6 nitrogen and oxygen atoms in total. The summed E-state index contributed by atoms with van der Waals surface area (Å²) in [5.41, 5.74) is 1.000. The molecule has 4 aromatic rings. The summed E-state index contributed by atoms with van der Waals surface area (Å²) in [7, 11) is -1.79. The summed E-state index contributed by atoms with van der Waals surface area (Å²) in [4.78, 5) is 18.0. The number of fused-ring (bicyclic) bond motifs is 3. The molecule has 0 saturated carbocycles. The normalized spacial score (nSPS) is 18.6. The highest BCUT2D eigenvalue weighted by atomic mass is 32.2. The van der Waals surface area contributed by atoms with Crippen molar-refractivity contribution in [3.8, 4) is 0 Å². The van der Waals surface area contributed by atoms with E-state index in [0.717, 1.165) is 21.0 Å². The highest BCUT2D eigenvalue weighted by Gasteiger charge is 2.39. The zero-order chi connectivity index (χ0) is 20.9. The fraction of sp³-hybridized carbons (Fsp3) is 0.238. The Hall–Kier alpha value is -2.33. The molecule has 9 heteroatoms. The number of benzene rings is 2. The Kier molecular flexibility index (Phi) is 4.85. The maximum absolute atomic E-state index is 13.1. The standard InChI is InChI=1S/C21H19N3O3S3/c1-23-16-11-10-14-6-2-3-7-15(14)19(16)29-21(23)22-20(25)17-8-4-12-24(17)30(26,27)18-9-5-13-28-18/h2-3,5-7,9-11,13,17H,4,8,12H2,1H3. The zero-order valence-electron chi connectivity index (χ0n) is 16.2. The quantitative estimate of drug-likeness (QED) is 0.471. The molecule has 1 atom stereocenters. The Labute approximate surface area is 181 Å². The summed E-state index contributed by atoms with van der Waals surface area (Å²) < 4.78 is 30.5. The van der Waals surface area contributed by atoms with Crippen molar-refractivity contribution in [1.29, 1.82) is 0 Å². The van der Waals surface area contributed by atoms with E-state index in [2.05, 4.69) is 23.2 Å². The van der Waals surface area contributed by atoms with E-state index in [-0.39, 0.29) is 4.21 Å². The lowest BCUT2D eigenvalue weighted by atomic mass is 10.1. The largest absolute Gasteiger partial charge is 0.319 e. The van der Waals surface area contributed by atoms with Crippen LogP contribution in [-0.2, 0) is 21.9 Å². The molecular weight excluding hydrogens is 438 g/mol. The first-order valence-corrected chi connectivity index (χ1v) is 12.7. The van der Waals surface area contributed by atoms with Crippen molar-refractivity contribution in [2.75, 3.05) is 6.54 Å². The molecule has 0 bridgehead atoms. The third-order valence-electron chi connectivity index (χ3n) is 5.45. The van der Waals surface area contributed by atoms with Crippen molar-refractivity contribution in [1.82, 2.24) is 8.87 Å². The van der Waals surface area contributed by atoms with Crippen molar-refractivity contribution in [2.45, 2.75) is 23.1 Å². The van der Waals surface area contributed by atoms with Gasteiger partial charge in [-0.3, -0.25) is 4.79 Å². The van der Waals surface area contributed by atoms with Gasteiger partial charge in [0.15, 0.2) is 4.80 Å². The molecule has 3 heterocycles. The Morgan fingerprint density at radius 2 is 1.97 bits per heavy atom. The van der Waals surface area contributed by atoms with E-state index in [1.165, 1.54) is 27.0 Å². The van der Waals surface area contributed by atoms with Crippen LogP contribution in [0.25, 0.3) is 21.0 Å². The molecule has 5 rings (SSSR count). The van der Waals surface area contributed by atoms with Crippen molar-refractivity contribution in [2.24, 2.45) is 12.0 Å². The summed E-state index contributed by atoms with van der Waals surface area (Å²) in [5.74, 6) is -0.404. The molecule has 0 N–H and O–H groups in total. The van der Waals surface area contributed by atoms with Gasteiger partial charge in [-0.25, -0.2) is 8.42 Å². The van der Waals surface area contributed by atoms with Gasteiger partial charge in [0.05, 0.1) is 10.2 Å². The number of carbonyl (C=O) groups excluding carboxylic acids is 1. The average Bonchev–Trinajstić information content (AvgIpc) is 3.49. The molecule has 0 radical (unpaired) electrons. The summed E-state index contributed by atoms with van der Waals surface area (Å²) in [6.45, 7) is 0.343. The van der Waals surface area contributed by atoms with Gasteiger partial charge in [0, 0.05) is 19.0 Å². The van der Waals surface area contributed by atoms with E-state index in [9.17, 15) is 13.2 Å². The van der Waals surface area contributed by atoms with Crippen LogP contribution in [0.4, 0.5) is 0 Å². The lowest BCUT2D eigenvalue weighted by Gasteiger charge is -2.20. The monoisotopic (exact) mass is 457 g/mol. The van der Waals surface area contributed by atoms with Crippen LogP contribution in [0.3, 0.4) is 0 Å². The molecule has 2 aromatic carbocycles. The number of carbonyl (C=O) groups is 1. The number of amides is 1. The molecule has 30 heavy (non-hydrogen) atoms. The molecule has 2 aromatic heterocycles. The van der Waals surface area contributed by atoms with Crippen molar-refractivity contribution in [3.63, 3.8) is 0 Å². The number of hydrogen-bond acceptors (Lipinski definition) is 5. The molecule has 1 aliphatic heterocycles. The lowest BCUT2D eigenvalue weighted by Crippen LogP contribution is -2.40. The predicted molar refractivity (Wildman–Crippen MR) is 120 cm³/mol. The number of aryl methyl sites for hydroxylation is 1. The minimum atomic E-state index is -3.68. The van der Waals surface area contributed by atoms with Gasteiger partial charge in [-0.05, 0) is 35.7 Å². The van der Waals surface area contributed by atoms with Gasteiger partial charge in [-0.2, -0.15) is 9.30 Å². The number of hydrogen-bond donors (Lipinski definition) is 0. The lowest BCUT2D eigenvalue weighted by molar-refractivity contribution is -0.121. The highest BCUT2D eigenvalue weighted by Crippen LogP contribution is 2.30. The van der Waals surface area contributed by atoms with Crippen LogP contribution in [0.2, 0.25) is 0 Å². The molecular formula is C21H19N3O3S3. The van der Waals surface area contributed by atoms with Crippen LogP contribution in [0.15, 0.2) is 63.1 Å². The number of rotatable bonds is 3. The Bertz CT molecular complexity index is 1430. The maximum Gasteiger partial charge on any atom is 0.266 e. The third kappa shape index (κ3) is 3.13. The van der Waals surface area contributed by atoms with Crippen LogP contribution in [0.5, 0.6) is 0 Å². The van der Waals surface area contributed by atoms with Crippen molar-refractivity contribution >= 4 is 59.6 Å². The zero-order valence-corrected chi connectivity index (χ0v) is 18.6. The Morgan fingerprint density at radius 1 is 1.13 bits per heavy atom. The molecule has 1 fully saturated rings. The fourth-order valence-corrected chi connectivity index (χ4v) is 7.86. The van der Waals surface area contributed by atoms with Crippen molar-refractivity contribution < 1.29 is 13.2 Å². The van der Waals surface area contributed by atoms with E-state index in [0.29, 0.717) is 24.2 Å². The molecule has 1 unspecified atom stereocenters. The van der Waals surface area contributed by atoms with Gasteiger partial charge in [-0.15, -0.1) is 11.3 Å². The van der Waals surface area contributed by atoms with Gasteiger partial charge in [0.1, 0.15) is 10.3 Å². The predicted octanol–water partition coefficient (Wildman–Crippen LogP) is 3.74. The van der Waals surface area contributed by atoms with Crippen LogP contribution in [-0.4, -0.2) is 35.8 Å². The first-order valence-electron chi connectivity index (χ1n) is 9.58. The summed E-state index contributed by atoms with van der Waals surface area (Å²) in [6, 6.07) is 14.7. The van der Waals surface area contributed by atoms with E-state index in [1.54, 1.807) is 17.5 Å². The smallest absolute Gasteiger partial charge is 0.266 e.